The van der Waals surface area contributed by atoms with Gasteiger partial charge in [0.25, 0.3) is 5.91 Å². The molecule has 0 aliphatic carbocycles. The van der Waals surface area contributed by atoms with E-state index >= 15 is 0 Å². The Morgan fingerprint density at radius 2 is 2.09 bits per heavy atom. The number of amides is 1. The van der Waals surface area contributed by atoms with Crippen LogP contribution in [0, 0.1) is 5.92 Å². The van der Waals surface area contributed by atoms with E-state index < -0.39 is 0 Å². The van der Waals surface area contributed by atoms with Gasteiger partial charge in [-0.3, -0.25) is 9.78 Å². The molecule has 0 spiro atoms. The highest BCUT2D eigenvalue weighted by atomic mass is 35.5. The molecule has 2 atom stereocenters. The van der Waals surface area contributed by atoms with Gasteiger partial charge in [-0.25, -0.2) is 0 Å². The largest absolute Gasteiger partial charge is 0.337 e. The summed E-state index contributed by atoms with van der Waals surface area (Å²) < 4.78 is 0. The predicted molar refractivity (Wildman–Crippen MR) is 89.3 cm³/mol. The van der Waals surface area contributed by atoms with Gasteiger partial charge in [0.1, 0.15) is 0 Å². The lowest BCUT2D eigenvalue weighted by Crippen LogP contribution is -2.35. The third-order valence-electron chi connectivity index (χ3n) is 4.47. The fraction of sp³-hybridized carbons (Fsp3) is 0.412. The Bertz CT molecular complexity index is 716. The number of hydrogen-bond donors (Lipinski definition) is 0. The maximum absolute atomic E-state index is 12.9. The summed E-state index contributed by atoms with van der Waals surface area (Å²) in [6.45, 7) is 3.72. The smallest absolute Gasteiger partial charge is 0.256 e. The van der Waals surface area contributed by atoms with Gasteiger partial charge in [-0.1, -0.05) is 18.5 Å². The van der Waals surface area contributed by atoms with Gasteiger partial charge < -0.3 is 9.80 Å². The zero-order chi connectivity index (χ0) is 15.9. The molecule has 1 aromatic heterocycles. The molecule has 1 aromatic carbocycles. The molecule has 1 aliphatic heterocycles. The standard InChI is InChI=1S/C17H20ClN3O/c1-11-9-21(10-15(11)20(2)3)17(22)13-6-7-14(18)12-5-4-8-19-16(12)13/h4-8,11,15H,9-10H2,1-3H3/t11-,15+/m1/s1. The topological polar surface area (TPSA) is 36.4 Å². The summed E-state index contributed by atoms with van der Waals surface area (Å²) in [5, 5.41) is 1.45. The minimum Gasteiger partial charge on any atom is -0.337 e. The average Bonchev–Trinajstić information content (AvgIpc) is 2.89. The lowest BCUT2D eigenvalue weighted by Gasteiger charge is -2.22. The van der Waals surface area contributed by atoms with Crippen LogP contribution in [-0.2, 0) is 0 Å². The first-order valence-electron chi connectivity index (χ1n) is 7.48. The van der Waals surface area contributed by atoms with E-state index in [0.717, 1.165) is 18.5 Å². The van der Waals surface area contributed by atoms with E-state index in [4.69, 9.17) is 11.6 Å². The Labute approximate surface area is 135 Å². The van der Waals surface area contributed by atoms with Gasteiger partial charge in [0, 0.05) is 30.7 Å². The number of pyridine rings is 1. The molecule has 1 fully saturated rings. The number of hydrogen-bond acceptors (Lipinski definition) is 3. The fourth-order valence-corrected chi connectivity index (χ4v) is 3.48. The molecule has 0 N–H and O–H groups in total. The maximum Gasteiger partial charge on any atom is 0.256 e. The zero-order valence-electron chi connectivity index (χ0n) is 13.1. The number of rotatable bonds is 2. The summed E-state index contributed by atoms with van der Waals surface area (Å²) in [6, 6.07) is 7.70. The fourth-order valence-electron chi connectivity index (χ4n) is 3.27. The van der Waals surface area contributed by atoms with Crippen molar-refractivity contribution in [3.05, 3.63) is 41.0 Å². The van der Waals surface area contributed by atoms with Gasteiger partial charge in [-0.05, 0) is 44.3 Å². The van der Waals surface area contributed by atoms with Crippen molar-refractivity contribution in [1.29, 1.82) is 0 Å². The predicted octanol–water partition coefficient (Wildman–Crippen LogP) is 2.91. The first-order chi connectivity index (χ1) is 10.5. The Hall–Kier alpha value is -1.65. The van der Waals surface area contributed by atoms with Crippen molar-refractivity contribution in [3.8, 4) is 0 Å². The molecule has 2 heterocycles. The van der Waals surface area contributed by atoms with Crippen LogP contribution in [0.3, 0.4) is 0 Å². The highest BCUT2D eigenvalue weighted by Crippen LogP contribution is 2.28. The molecular formula is C17H20ClN3O. The van der Waals surface area contributed by atoms with Crippen LogP contribution in [0.25, 0.3) is 10.9 Å². The summed E-state index contributed by atoms with van der Waals surface area (Å²) in [5.41, 5.74) is 1.31. The second-order valence-corrected chi connectivity index (χ2v) is 6.62. The van der Waals surface area contributed by atoms with Crippen LogP contribution in [0.4, 0.5) is 0 Å². The van der Waals surface area contributed by atoms with Crippen molar-refractivity contribution in [3.63, 3.8) is 0 Å². The van der Waals surface area contributed by atoms with E-state index in [1.54, 1.807) is 18.3 Å². The van der Waals surface area contributed by atoms with Gasteiger partial charge in [-0.15, -0.1) is 0 Å². The molecule has 22 heavy (non-hydrogen) atoms. The van der Waals surface area contributed by atoms with E-state index in [1.165, 1.54) is 0 Å². The van der Waals surface area contributed by atoms with Gasteiger partial charge in [0.05, 0.1) is 16.1 Å². The molecule has 0 unspecified atom stereocenters. The van der Waals surface area contributed by atoms with Crippen molar-refractivity contribution in [2.24, 2.45) is 5.92 Å². The van der Waals surface area contributed by atoms with Gasteiger partial charge in [0.2, 0.25) is 0 Å². The van der Waals surface area contributed by atoms with Crippen molar-refractivity contribution < 1.29 is 4.79 Å². The highest BCUT2D eigenvalue weighted by Gasteiger charge is 2.34. The first-order valence-corrected chi connectivity index (χ1v) is 7.85. The number of aromatic nitrogens is 1. The third-order valence-corrected chi connectivity index (χ3v) is 4.80. The van der Waals surface area contributed by atoms with Crippen molar-refractivity contribution in [1.82, 2.24) is 14.8 Å². The molecule has 0 saturated carbocycles. The molecule has 1 amide bonds. The molecule has 0 radical (unpaired) electrons. The average molecular weight is 318 g/mol. The molecule has 0 bridgehead atoms. The van der Waals surface area contributed by atoms with Crippen LogP contribution in [-0.4, -0.2) is 53.9 Å². The monoisotopic (exact) mass is 317 g/mol. The number of halogens is 1. The van der Waals surface area contributed by atoms with E-state index in [0.29, 0.717) is 28.1 Å². The number of carbonyl (C=O) groups is 1. The second-order valence-electron chi connectivity index (χ2n) is 6.21. The Morgan fingerprint density at radius 3 is 2.77 bits per heavy atom. The van der Waals surface area contributed by atoms with Crippen LogP contribution in [0.5, 0.6) is 0 Å². The number of nitrogens with zero attached hydrogens (tertiary/aromatic N) is 3. The molecular weight excluding hydrogens is 298 g/mol. The highest BCUT2D eigenvalue weighted by molar-refractivity contribution is 6.36. The molecule has 5 heteroatoms. The normalized spacial score (nSPS) is 21.8. The minimum atomic E-state index is 0.0385. The number of likely N-dealkylation sites (tertiary alicyclic amines) is 1. The quantitative estimate of drug-likeness (QED) is 0.854. The van der Waals surface area contributed by atoms with Crippen molar-refractivity contribution in [2.75, 3.05) is 27.2 Å². The number of likely N-dealkylation sites (N-methyl/N-ethyl adjacent to an activating group) is 1. The molecule has 2 aromatic rings. The molecule has 1 saturated heterocycles. The molecule has 1 aliphatic rings. The van der Waals surface area contributed by atoms with Crippen molar-refractivity contribution >= 4 is 28.4 Å². The summed E-state index contributed by atoms with van der Waals surface area (Å²) in [5.74, 6) is 0.502. The van der Waals surface area contributed by atoms with Gasteiger partial charge in [-0.2, -0.15) is 0 Å². The third kappa shape index (κ3) is 2.57. The Morgan fingerprint density at radius 1 is 1.32 bits per heavy atom. The van der Waals surface area contributed by atoms with Crippen LogP contribution in [0.2, 0.25) is 5.02 Å². The number of fused-ring (bicyclic) bond motifs is 1. The van der Waals surface area contributed by atoms with E-state index in [1.807, 2.05) is 17.0 Å². The van der Waals surface area contributed by atoms with E-state index in [-0.39, 0.29) is 5.91 Å². The SMILES string of the molecule is C[C@@H]1CN(C(=O)c2ccc(Cl)c3cccnc23)C[C@@H]1N(C)C. The summed E-state index contributed by atoms with van der Waals surface area (Å²) in [4.78, 5) is 21.4. The van der Waals surface area contributed by atoms with E-state index in [9.17, 15) is 4.79 Å². The Balaban J connectivity index is 1.96. The summed E-state index contributed by atoms with van der Waals surface area (Å²) in [7, 11) is 4.13. The van der Waals surface area contributed by atoms with Crippen LogP contribution in [0.15, 0.2) is 30.5 Å². The van der Waals surface area contributed by atoms with Gasteiger partial charge >= 0.3 is 0 Å². The second kappa shape index (κ2) is 5.86. The number of carbonyl (C=O) groups excluding carboxylic acids is 1. The summed E-state index contributed by atoms with van der Waals surface area (Å²) >= 11 is 6.21. The maximum atomic E-state index is 12.9. The molecule has 3 rings (SSSR count). The zero-order valence-corrected chi connectivity index (χ0v) is 13.8. The van der Waals surface area contributed by atoms with Crippen molar-refractivity contribution in [2.45, 2.75) is 13.0 Å². The first kappa shape index (κ1) is 15.3. The number of benzene rings is 1. The molecule has 116 valence electrons. The summed E-state index contributed by atoms with van der Waals surface area (Å²) in [6.07, 6.45) is 1.70. The minimum absolute atomic E-state index is 0.0385. The van der Waals surface area contributed by atoms with Crippen LogP contribution in [0.1, 0.15) is 17.3 Å². The van der Waals surface area contributed by atoms with Crippen LogP contribution >= 0.6 is 11.6 Å². The van der Waals surface area contributed by atoms with E-state index in [2.05, 4.69) is 30.9 Å². The Kier molecular flexibility index (Phi) is 4.06. The lowest BCUT2D eigenvalue weighted by atomic mass is 10.1. The molecule has 4 nitrogen and oxygen atoms in total. The van der Waals surface area contributed by atoms with Gasteiger partial charge in [0.15, 0.2) is 0 Å². The lowest BCUT2D eigenvalue weighted by molar-refractivity contribution is 0.0783. The van der Waals surface area contributed by atoms with Crippen LogP contribution < -0.4 is 0 Å².